The number of nitrogens with two attached hydrogens (primary N) is 1. The number of ether oxygens (including phenoxy) is 1. The molecule has 7 heteroatoms. The smallest absolute Gasteiger partial charge is 0.337 e. The van der Waals surface area contributed by atoms with Crippen LogP contribution in [0.1, 0.15) is 20.7 Å². The van der Waals surface area contributed by atoms with Gasteiger partial charge in [0.25, 0.3) is 5.91 Å². The maximum Gasteiger partial charge on any atom is 0.337 e. The lowest BCUT2D eigenvalue weighted by Crippen LogP contribution is -2.12. The SMILES string of the molecule is COC(=O)c1ccc(NC(=O)c2ccc3nc(N)sc3c2)cc1. The molecule has 0 radical (unpaired) electrons. The van der Waals surface area contributed by atoms with Gasteiger partial charge in [0.2, 0.25) is 0 Å². The number of rotatable bonds is 3. The summed E-state index contributed by atoms with van der Waals surface area (Å²) in [5.74, 6) is -0.666. The van der Waals surface area contributed by atoms with Crippen molar-refractivity contribution >= 4 is 44.2 Å². The highest BCUT2D eigenvalue weighted by molar-refractivity contribution is 7.22. The van der Waals surface area contributed by atoms with E-state index in [4.69, 9.17) is 5.73 Å². The lowest BCUT2D eigenvalue weighted by atomic mass is 10.1. The van der Waals surface area contributed by atoms with E-state index in [1.165, 1.54) is 18.4 Å². The molecular formula is C16H13N3O3S. The molecule has 1 amide bonds. The minimum absolute atomic E-state index is 0.246. The van der Waals surface area contributed by atoms with Crippen LogP contribution in [0.5, 0.6) is 0 Å². The molecule has 0 fully saturated rings. The third-order valence-corrected chi connectivity index (χ3v) is 4.08. The van der Waals surface area contributed by atoms with E-state index in [2.05, 4.69) is 15.0 Å². The fourth-order valence-corrected chi connectivity index (χ4v) is 2.87. The number of nitrogens with one attached hydrogen (secondary N) is 1. The number of methoxy groups -OCH3 is 1. The Morgan fingerprint density at radius 2 is 1.83 bits per heavy atom. The molecule has 6 nitrogen and oxygen atoms in total. The molecule has 23 heavy (non-hydrogen) atoms. The third-order valence-electron chi connectivity index (χ3n) is 3.23. The van der Waals surface area contributed by atoms with Gasteiger partial charge in [-0.05, 0) is 42.5 Å². The topological polar surface area (TPSA) is 94.3 Å². The third kappa shape index (κ3) is 3.14. The Labute approximate surface area is 135 Å². The molecule has 1 aromatic heterocycles. The number of benzene rings is 2. The van der Waals surface area contributed by atoms with Crippen LogP contribution in [0.15, 0.2) is 42.5 Å². The average Bonchev–Trinajstić information content (AvgIpc) is 2.93. The minimum atomic E-state index is -0.420. The maximum atomic E-state index is 12.3. The Bertz CT molecular complexity index is 887. The number of anilines is 2. The van der Waals surface area contributed by atoms with Crippen LogP contribution in [0.2, 0.25) is 0 Å². The molecule has 116 valence electrons. The highest BCUT2D eigenvalue weighted by atomic mass is 32.1. The molecule has 0 saturated carbocycles. The van der Waals surface area contributed by atoms with Crippen molar-refractivity contribution in [2.75, 3.05) is 18.2 Å². The molecule has 0 unspecified atom stereocenters. The van der Waals surface area contributed by atoms with Gasteiger partial charge in [-0.25, -0.2) is 9.78 Å². The summed E-state index contributed by atoms with van der Waals surface area (Å²) in [6, 6.07) is 11.7. The molecule has 0 bridgehead atoms. The molecule has 0 spiro atoms. The van der Waals surface area contributed by atoms with E-state index < -0.39 is 5.97 Å². The van der Waals surface area contributed by atoms with Gasteiger partial charge in [-0.1, -0.05) is 11.3 Å². The predicted octanol–water partition coefficient (Wildman–Crippen LogP) is 2.92. The number of nitrogen functional groups attached to an aromatic ring is 1. The van der Waals surface area contributed by atoms with Crippen molar-refractivity contribution in [1.82, 2.24) is 4.98 Å². The van der Waals surface area contributed by atoms with Crippen LogP contribution in [-0.4, -0.2) is 24.0 Å². The highest BCUT2D eigenvalue weighted by Crippen LogP contribution is 2.25. The first kappa shape index (κ1) is 15.0. The number of amides is 1. The van der Waals surface area contributed by atoms with E-state index in [1.54, 1.807) is 42.5 Å². The van der Waals surface area contributed by atoms with Crippen molar-refractivity contribution in [2.45, 2.75) is 0 Å². The largest absolute Gasteiger partial charge is 0.465 e. The standard InChI is InChI=1S/C16H13N3O3S/c1-22-15(21)9-2-5-11(6-3-9)18-14(20)10-4-7-12-13(8-10)23-16(17)19-12/h2-8H,1H3,(H2,17,19)(H,18,20). The lowest BCUT2D eigenvalue weighted by Gasteiger charge is -2.06. The van der Waals surface area contributed by atoms with Crippen LogP contribution >= 0.6 is 11.3 Å². The van der Waals surface area contributed by atoms with E-state index in [0.717, 1.165) is 10.2 Å². The van der Waals surface area contributed by atoms with Gasteiger partial charge in [0.1, 0.15) is 0 Å². The first-order valence-electron chi connectivity index (χ1n) is 6.72. The van der Waals surface area contributed by atoms with Crippen LogP contribution in [0, 0.1) is 0 Å². The molecule has 3 aromatic rings. The molecular weight excluding hydrogens is 314 g/mol. The van der Waals surface area contributed by atoms with E-state index in [9.17, 15) is 9.59 Å². The zero-order valence-electron chi connectivity index (χ0n) is 12.2. The lowest BCUT2D eigenvalue weighted by molar-refractivity contribution is 0.0600. The zero-order chi connectivity index (χ0) is 16.4. The quantitative estimate of drug-likeness (QED) is 0.721. The van der Waals surface area contributed by atoms with Crippen molar-refractivity contribution in [3.8, 4) is 0 Å². The number of hydrogen-bond donors (Lipinski definition) is 2. The van der Waals surface area contributed by atoms with Crippen molar-refractivity contribution < 1.29 is 14.3 Å². The van der Waals surface area contributed by atoms with Crippen LogP contribution in [0.3, 0.4) is 0 Å². The normalized spacial score (nSPS) is 10.5. The number of hydrogen-bond acceptors (Lipinski definition) is 6. The van der Waals surface area contributed by atoms with Gasteiger partial charge >= 0.3 is 5.97 Å². The first-order valence-corrected chi connectivity index (χ1v) is 7.54. The molecule has 3 rings (SSSR count). The number of carbonyl (C=O) groups is 2. The average molecular weight is 327 g/mol. The molecule has 0 aliphatic rings. The molecule has 0 aliphatic heterocycles. The molecule has 3 N–H and O–H groups in total. The highest BCUT2D eigenvalue weighted by Gasteiger charge is 2.10. The van der Waals surface area contributed by atoms with E-state index in [0.29, 0.717) is 21.9 Å². The van der Waals surface area contributed by atoms with Crippen molar-refractivity contribution in [3.05, 3.63) is 53.6 Å². The Kier molecular flexibility index (Phi) is 3.94. The molecule has 2 aromatic carbocycles. The summed E-state index contributed by atoms with van der Waals surface area (Å²) < 4.78 is 5.49. The van der Waals surface area contributed by atoms with Gasteiger partial charge in [0, 0.05) is 11.3 Å². The van der Waals surface area contributed by atoms with Gasteiger partial charge in [-0.2, -0.15) is 0 Å². The second kappa shape index (κ2) is 6.05. The summed E-state index contributed by atoms with van der Waals surface area (Å²) in [5.41, 5.74) is 7.95. The van der Waals surface area contributed by atoms with E-state index in [1.807, 2.05) is 0 Å². The Hall–Kier alpha value is -2.93. The van der Waals surface area contributed by atoms with Crippen LogP contribution in [0.4, 0.5) is 10.8 Å². The summed E-state index contributed by atoms with van der Waals surface area (Å²) in [6.45, 7) is 0. The number of esters is 1. The van der Waals surface area contributed by atoms with Crippen LogP contribution < -0.4 is 11.1 Å². The van der Waals surface area contributed by atoms with Crippen molar-refractivity contribution in [1.29, 1.82) is 0 Å². The molecule has 0 atom stereocenters. The Morgan fingerprint density at radius 1 is 1.13 bits per heavy atom. The van der Waals surface area contributed by atoms with Gasteiger partial charge in [-0.15, -0.1) is 0 Å². The van der Waals surface area contributed by atoms with E-state index >= 15 is 0 Å². The molecule has 1 heterocycles. The first-order chi connectivity index (χ1) is 11.1. The number of aromatic nitrogens is 1. The predicted molar refractivity (Wildman–Crippen MR) is 89.8 cm³/mol. The summed E-state index contributed by atoms with van der Waals surface area (Å²) in [5, 5.41) is 3.24. The zero-order valence-corrected chi connectivity index (χ0v) is 13.0. The van der Waals surface area contributed by atoms with Gasteiger partial charge < -0.3 is 15.8 Å². The fraction of sp³-hybridized carbons (Fsp3) is 0.0625. The number of nitrogens with zero attached hydrogens (tertiary/aromatic N) is 1. The van der Waals surface area contributed by atoms with Gasteiger partial charge in [0.15, 0.2) is 5.13 Å². The fourth-order valence-electron chi connectivity index (χ4n) is 2.09. The molecule has 0 saturated heterocycles. The van der Waals surface area contributed by atoms with Crippen molar-refractivity contribution in [2.24, 2.45) is 0 Å². The van der Waals surface area contributed by atoms with Crippen molar-refractivity contribution in [3.63, 3.8) is 0 Å². The molecule has 0 aliphatic carbocycles. The summed E-state index contributed by atoms with van der Waals surface area (Å²) >= 11 is 1.33. The van der Waals surface area contributed by atoms with Crippen LogP contribution in [0.25, 0.3) is 10.2 Å². The Morgan fingerprint density at radius 3 is 2.52 bits per heavy atom. The number of carbonyl (C=O) groups excluding carboxylic acids is 2. The van der Waals surface area contributed by atoms with Gasteiger partial charge in [-0.3, -0.25) is 4.79 Å². The monoisotopic (exact) mass is 327 g/mol. The number of thiazole rings is 1. The van der Waals surface area contributed by atoms with E-state index in [-0.39, 0.29) is 5.91 Å². The van der Waals surface area contributed by atoms with Gasteiger partial charge in [0.05, 0.1) is 22.9 Å². The minimum Gasteiger partial charge on any atom is -0.465 e. The second-order valence-electron chi connectivity index (χ2n) is 4.76. The summed E-state index contributed by atoms with van der Waals surface area (Å²) in [6.07, 6.45) is 0. The second-order valence-corrected chi connectivity index (χ2v) is 5.82. The van der Waals surface area contributed by atoms with Crippen LogP contribution in [-0.2, 0) is 4.74 Å². The summed E-state index contributed by atoms with van der Waals surface area (Å²) in [4.78, 5) is 27.8. The summed E-state index contributed by atoms with van der Waals surface area (Å²) in [7, 11) is 1.32. The number of fused-ring (bicyclic) bond motifs is 1. The Balaban J connectivity index is 1.78. The maximum absolute atomic E-state index is 12.3.